The lowest BCUT2D eigenvalue weighted by atomic mass is 9.90. The van der Waals surface area contributed by atoms with Gasteiger partial charge in [0, 0.05) is 0 Å². The Kier molecular flexibility index (Phi) is 2.53. The molecule has 1 aromatic rings. The molecule has 0 saturated carbocycles. The molecule has 74 valence electrons. The first-order valence-corrected chi connectivity index (χ1v) is 5.19. The van der Waals surface area contributed by atoms with Crippen LogP contribution in [0.1, 0.15) is 30.9 Å². The quantitative estimate of drug-likeness (QED) is 0.534. The predicted octanol–water partition coefficient (Wildman–Crippen LogP) is 2.57. The molecule has 0 amide bonds. The van der Waals surface area contributed by atoms with Crippen molar-refractivity contribution in [3.8, 4) is 0 Å². The first-order chi connectivity index (χ1) is 6.77. The lowest BCUT2D eigenvalue weighted by Crippen LogP contribution is -2.06. The van der Waals surface area contributed by atoms with Crippen molar-refractivity contribution in [2.75, 3.05) is 0 Å². The molecule has 1 aliphatic carbocycles. The van der Waals surface area contributed by atoms with Crippen LogP contribution in [-0.4, -0.2) is 5.84 Å². The van der Waals surface area contributed by atoms with Gasteiger partial charge in [-0.3, -0.25) is 0 Å². The largest absolute Gasteiger partial charge is 0.387 e. The van der Waals surface area contributed by atoms with Gasteiger partial charge in [0.25, 0.3) is 0 Å². The summed E-state index contributed by atoms with van der Waals surface area (Å²) in [6.45, 7) is 1.84. The highest BCUT2D eigenvalue weighted by molar-refractivity contribution is 5.81. The highest BCUT2D eigenvalue weighted by Gasteiger charge is 2.11. The molecular weight excluding hydrogens is 172 g/mol. The van der Waals surface area contributed by atoms with Crippen molar-refractivity contribution in [3.63, 3.8) is 0 Å². The molecule has 2 nitrogen and oxygen atoms in total. The maximum atomic E-state index is 5.61. The van der Waals surface area contributed by atoms with Crippen LogP contribution < -0.4 is 5.73 Å². The van der Waals surface area contributed by atoms with Crippen LogP contribution in [0.3, 0.4) is 0 Å². The van der Waals surface area contributed by atoms with Gasteiger partial charge in [-0.05, 0) is 49.8 Å². The number of aliphatic imine (C=N–C) groups is 1. The molecule has 0 unspecified atom stereocenters. The normalized spacial score (nSPS) is 16.5. The summed E-state index contributed by atoms with van der Waals surface area (Å²) in [5, 5.41) is 0. The van der Waals surface area contributed by atoms with E-state index in [4.69, 9.17) is 5.73 Å². The van der Waals surface area contributed by atoms with Gasteiger partial charge in [0.2, 0.25) is 0 Å². The smallest absolute Gasteiger partial charge is 0.0965 e. The van der Waals surface area contributed by atoms with E-state index in [1.165, 1.54) is 30.4 Å². The Balaban J connectivity index is 2.45. The Hall–Kier alpha value is -1.31. The molecule has 1 aliphatic rings. The number of amidine groups is 1. The molecule has 14 heavy (non-hydrogen) atoms. The molecule has 0 radical (unpaired) electrons. The third-order valence-electron chi connectivity index (χ3n) is 2.67. The molecule has 0 saturated heterocycles. The van der Waals surface area contributed by atoms with Crippen molar-refractivity contribution in [3.05, 3.63) is 29.3 Å². The SMILES string of the molecule is CC(N)=Nc1cccc2c1CCCC2. The minimum atomic E-state index is 0.643. The number of benzene rings is 1. The van der Waals surface area contributed by atoms with Crippen molar-refractivity contribution in [1.82, 2.24) is 0 Å². The molecule has 2 rings (SSSR count). The first-order valence-electron chi connectivity index (χ1n) is 5.19. The Morgan fingerprint density at radius 1 is 1.29 bits per heavy atom. The summed E-state index contributed by atoms with van der Waals surface area (Å²) in [5.74, 6) is 0.643. The van der Waals surface area contributed by atoms with Gasteiger partial charge < -0.3 is 5.73 Å². The monoisotopic (exact) mass is 188 g/mol. The standard InChI is InChI=1S/C12H16N2/c1-9(13)14-12-8-4-6-10-5-2-3-7-11(10)12/h4,6,8H,2-3,5,7H2,1H3,(H2,13,14). The van der Waals surface area contributed by atoms with Crippen molar-refractivity contribution in [1.29, 1.82) is 0 Å². The minimum Gasteiger partial charge on any atom is -0.387 e. The second kappa shape index (κ2) is 3.82. The average Bonchev–Trinajstić information content (AvgIpc) is 2.18. The second-order valence-electron chi connectivity index (χ2n) is 3.88. The van der Waals surface area contributed by atoms with Gasteiger partial charge in [-0.2, -0.15) is 0 Å². The first kappa shape index (κ1) is 9.25. The van der Waals surface area contributed by atoms with Crippen molar-refractivity contribution >= 4 is 11.5 Å². The third-order valence-corrected chi connectivity index (χ3v) is 2.67. The third kappa shape index (κ3) is 1.79. The zero-order chi connectivity index (χ0) is 9.97. The minimum absolute atomic E-state index is 0.643. The van der Waals surface area contributed by atoms with E-state index in [1.54, 1.807) is 0 Å². The lowest BCUT2D eigenvalue weighted by Gasteiger charge is -2.17. The average molecular weight is 188 g/mol. The van der Waals surface area contributed by atoms with Gasteiger partial charge in [0.1, 0.15) is 0 Å². The molecule has 2 heteroatoms. The number of fused-ring (bicyclic) bond motifs is 1. The summed E-state index contributed by atoms with van der Waals surface area (Å²) < 4.78 is 0. The summed E-state index contributed by atoms with van der Waals surface area (Å²) in [6.07, 6.45) is 4.94. The Bertz CT molecular complexity index is 363. The van der Waals surface area contributed by atoms with Gasteiger partial charge in [0.15, 0.2) is 0 Å². The van der Waals surface area contributed by atoms with Gasteiger partial charge >= 0.3 is 0 Å². The summed E-state index contributed by atoms with van der Waals surface area (Å²) in [6, 6.07) is 6.34. The lowest BCUT2D eigenvalue weighted by molar-refractivity contribution is 0.686. The van der Waals surface area contributed by atoms with Crippen LogP contribution in [0.15, 0.2) is 23.2 Å². The van der Waals surface area contributed by atoms with E-state index in [-0.39, 0.29) is 0 Å². The maximum absolute atomic E-state index is 5.61. The van der Waals surface area contributed by atoms with E-state index in [2.05, 4.69) is 23.2 Å². The van der Waals surface area contributed by atoms with Crippen molar-refractivity contribution in [2.24, 2.45) is 10.7 Å². The van der Waals surface area contributed by atoms with Crippen LogP contribution in [-0.2, 0) is 12.8 Å². The van der Waals surface area contributed by atoms with Gasteiger partial charge in [-0.1, -0.05) is 12.1 Å². The van der Waals surface area contributed by atoms with E-state index in [9.17, 15) is 0 Å². The van der Waals surface area contributed by atoms with Gasteiger partial charge in [-0.25, -0.2) is 4.99 Å². The van der Waals surface area contributed by atoms with E-state index < -0.39 is 0 Å². The van der Waals surface area contributed by atoms with Crippen LogP contribution in [0, 0.1) is 0 Å². The number of nitrogens with two attached hydrogens (primary N) is 1. The number of hydrogen-bond acceptors (Lipinski definition) is 1. The predicted molar refractivity (Wildman–Crippen MR) is 60.0 cm³/mol. The molecule has 0 aliphatic heterocycles. The van der Waals surface area contributed by atoms with Crippen LogP contribution in [0.25, 0.3) is 0 Å². The van der Waals surface area contributed by atoms with Crippen LogP contribution >= 0.6 is 0 Å². The number of rotatable bonds is 1. The fourth-order valence-corrected chi connectivity index (χ4v) is 2.06. The summed E-state index contributed by atoms with van der Waals surface area (Å²) in [5.41, 5.74) is 9.54. The molecule has 0 atom stereocenters. The fourth-order valence-electron chi connectivity index (χ4n) is 2.06. The van der Waals surface area contributed by atoms with Crippen molar-refractivity contribution < 1.29 is 0 Å². The van der Waals surface area contributed by atoms with E-state index >= 15 is 0 Å². The Morgan fingerprint density at radius 3 is 2.86 bits per heavy atom. The second-order valence-corrected chi connectivity index (χ2v) is 3.88. The highest BCUT2D eigenvalue weighted by atomic mass is 14.8. The molecule has 0 bridgehead atoms. The van der Waals surface area contributed by atoms with E-state index in [0.29, 0.717) is 5.84 Å². The number of aryl methyl sites for hydroxylation is 1. The molecular formula is C12H16N2. The molecule has 1 aromatic carbocycles. The molecule has 0 fully saturated rings. The molecule has 0 aromatic heterocycles. The zero-order valence-corrected chi connectivity index (χ0v) is 8.59. The Labute approximate surface area is 84.9 Å². The highest BCUT2D eigenvalue weighted by Crippen LogP contribution is 2.29. The van der Waals surface area contributed by atoms with E-state index in [0.717, 1.165) is 12.1 Å². The molecule has 0 heterocycles. The van der Waals surface area contributed by atoms with Crippen molar-refractivity contribution in [2.45, 2.75) is 32.6 Å². The van der Waals surface area contributed by atoms with Crippen LogP contribution in [0.4, 0.5) is 5.69 Å². The Morgan fingerprint density at radius 2 is 2.07 bits per heavy atom. The van der Waals surface area contributed by atoms with E-state index in [1.807, 2.05) is 6.92 Å². The molecule has 0 spiro atoms. The topological polar surface area (TPSA) is 38.4 Å². The van der Waals surface area contributed by atoms with Gasteiger partial charge in [-0.15, -0.1) is 0 Å². The maximum Gasteiger partial charge on any atom is 0.0965 e. The number of hydrogen-bond donors (Lipinski definition) is 1. The molecule has 2 N–H and O–H groups in total. The van der Waals surface area contributed by atoms with Gasteiger partial charge in [0.05, 0.1) is 11.5 Å². The van der Waals surface area contributed by atoms with Crippen LogP contribution in [0.5, 0.6) is 0 Å². The summed E-state index contributed by atoms with van der Waals surface area (Å²) >= 11 is 0. The van der Waals surface area contributed by atoms with Crippen LogP contribution in [0.2, 0.25) is 0 Å². The summed E-state index contributed by atoms with van der Waals surface area (Å²) in [7, 11) is 0. The fraction of sp³-hybridized carbons (Fsp3) is 0.417. The zero-order valence-electron chi connectivity index (χ0n) is 8.59. The summed E-state index contributed by atoms with van der Waals surface area (Å²) in [4.78, 5) is 4.37. The number of nitrogens with zero attached hydrogens (tertiary/aromatic N) is 1.